The van der Waals surface area contributed by atoms with E-state index in [2.05, 4.69) is 73.1 Å². The molecule has 0 saturated carbocycles. The molecule has 0 atom stereocenters. The van der Waals surface area contributed by atoms with Crippen molar-refractivity contribution in [3.63, 3.8) is 0 Å². The van der Waals surface area contributed by atoms with Crippen LogP contribution in [-0.2, 0) is 17.8 Å². The minimum atomic E-state index is -0.00840. The van der Waals surface area contributed by atoms with Crippen LogP contribution in [0.1, 0.15) is 44.2 Å². The summed E-state index contributed by atoms with van der Waals surface area (Å²) in [5, 5.41) is 3.03. The number of hydrogen-bond donors (Lipinski definition) is 1. The zero-order chi connectivity index (χ0) is 23.9. The van der Waals surface area contributed by atoms with Gasteiger partial charge in [0.2, 0.25) is 5.91 Å². The summed E-state index contributed by atoms with van der Waals surface area (Å²) < 4.78 is 2.34. The Hall–Kier alpha value is -3.05. The van der Waals surface area contributed by atoms with Gasteiger partial charge in [-0.3, -0.25) is 4.79 Å². The summed E-state index contributed by atoms with van der Waals surface area (Å²) in [6.45, 7) is 7.45. The van der Waals surface area contributed by atoms with Crippen LogP contribution in [0.2, 0.25) is 0 Å². The first kappa shape index (κ1) is 24.1. The second kappa shape index (κ2) is 11.4. The third-order valence-corrected chi connectivity index (χ3v) is 6.81. The van der Waals surface area contributed by atoms with Gasteiger partial charge in [-0.05, 0) is 78.8 Å². The number of unbranched alkanes of at least 4 members (excludes halogenated alkanes) is 2. The standard InChI is InChI=1S/C29H33N3OS/c1-4-6-7-18-32-27-19-21(3)8-17-26(27)31-29(32)23-11-13-24(14-12-23)30-28(33)20-22-9-15-25(16-10-22)34-5-2/h8-17,19H,4-7,18,20H2,1-3H3,(H,30,33). The smallest absolute Gasteiger partial charge is 0.228 e. The minimum absolute atomic E-state index is 0.00840. The second-order valence-corrected chi connectivity index (χ2v) is 10.0. The Morgan fingerprint density at radius 3 is 2.44 bits per heavy atom. The van der Waals surface area contributed by atoms with E-state index in [1.807, 2.05) is 24.3 Å². The van der Waals surface area contributed by atoms with Crippen LogP contribution in [-0.4, -0.2) is 21.2 Å². The van der Waals surface area contributed by atoms with E-state index in [1.54, 1.807) is 11.8 Å². The lowest BCUT2D eigenvalue weighted by molar-refractivity contribution is -0.115. The average molecular weight is 472 g/mol. The van der Waals surface area contributed by atoms with Crippen LogP contribution in [0.25, 0.3) is 22.4 Å². The molecule has 4 rings (SSSR count). The number of amides is 1. The van der Waals surface area contributed by atoms with Crippen LogP contribution in [0.15, 0.2) is 71.6 Å². The van der Waals surface area contributed by atoms with Gasteiger partial charge in [0.15, 0.2) is 0 Å². The Bertz CT molecular complexity index is 1240. The number of thioether (sulfide) groups is 1. The highest BCUT2D eigenvalue weighted by molar-refractivity contribution is 7.99. The minimum Gasteiger partial charge on any atom is -0.326 e. The highest BCUT2D eigenvalue weighted by Gasteiger charge is 2.13. The molecule has 0 saturated heterocycles. The van der Waals surface area contributed by atoms with Gasteiger partial charge >= 0.3 is 0 Å². The predicted octanol–water partition coefficient (Wildman–Crippen LogP) is 7.50. The molecule has 0 spiro atoms. The molecule has 176 valence electrons. The predicted molar refractivity (Wildman–Crippen MR) is 145 cm³/mol. The first-order chi connectivity index (χ1) is 16.6. The molecule has 5 heteroatoms. The van der Waals surface area contributed by atoms with Crippen LogP contribution in [0, 0.1) is 6.92 Å². The van der Waals surface area contributed by atoms with Gasteiger partial charge in [0.05, 0.1) is 17.5 Å². The lowest BCUT2D eigenvalue weighted by Gasteiger charge is -2.11. The fourth-order valence-corrected chi connectivity index (χ4v) is 4.82. The molecule has 1 heterocycles. The summed E-state index contributed by atoms with van der Waals surface area (Å²) in [6.07, 6.45) is 3.90. The Morgan fingerprint density at radius 1 is 0.971 bits per heavy atom. The van der Waals surface area contributed by atoms with E-state index in [-0.39, 0.29) is 5.91 Å². The number of rotatable bonds is 10. The van der Waals surface area contributed by atoms with E-state index in [1.165, 1.54) is 28.8 Å². The number of hydrogen-bond acceptors (Lipinski definition) is 3. The molecule has 4 nitrogen and oxygen atoms in total. The summed E-state index contributed by atoms with van der Waals surface area (Å²) in [7, 11) is 0. The molecule has 0 unspecified atom stereocenters. The molecule has 0 aliphatic carbocycles. The molecule has 4 aromatic rings. The van der Waals surface area contributed by atoms with Gasteiger partial charge in [-0.2, -0.15) is 0 Å². The molecule has 1 aromatic heterocycles. The van der Waals surface area contributed by atoms with Crippen molar-refractivity contribution in [3.05, 3.63) is 77.9 Å². The molecule has 0 aliphatic heterocycles. The van der Waals surface area contributed by atoms with E-state index in [9.17, 15) is 4.79 Å². The van der Waals surface area contributed by atoms with Gasteiger partial charge in [0.25, 0.3) is 0 Å². The first-order valence-electron chi connectivity index (χ1n) is 12.2. The second-order valence-electron chi connectivity index (χ2n) is 8.67. The molecule has 0 aliphatic rings. The van der Waals surface area contributed by atoms with Crippen molar-refractivity contribution in [3.8, 4) is 11.4 Å². The first-order valence-corrected chi connectivity index (χ1v) is 13.1. The molecular weight excluding hydrogens is 438 g/mol. The summed E-state index contributed by atoms with van der Waals surface area (Å²) in [5.74, 6) is 2.02. The molecule has 0 radical (unpaired) electrons. The van der Waals surface area contributed by atoms with Gasteiger partial charge < -0.3 is 9.88 Å². The Balaban J connectivity index is 1.48. The number of aromatic nitrogens is 2. The lowest BCUT2D eigenvalue weighted by Crippen LogP contribution is -2.14. The fourth-order valence-electron chi connectivity index (χ4n) is 4.16. The van der Waals surface area contributed by atoms with Gasteiger partial charge in [-0.1, -0.05) is 44.9 Å². The van der Waals surface area contributed by atoms with Crippen molar-refractivity contribution in [1.29, 1.82) is 0 Å². The van der Waals surface area contributed by atoms with Gasteiger partial charge in [-0.15, -0.1) is 11.8 Å². The van der Waals surface area contributed by atoms with Crippen molar-refractivity contribution in [2.75, 3.05) is 11.1 Å². The van der Waals surface area contributed by atoms with Crippen LogP contribution in [0.5, 0.6) is 0 Å². The number of anilines is 1. The van der Waals surface area contributed by atoms with E-state index in [4.69, 9.17) is 4.98 Å². The normalized spacial score (nSPS) is 11.1. The maximum atomic E-state index is 12.6. The largest absolute Gasteiger partial charge is 0.326 e. The van der Waals surface area contributed by atoms with Gasteiger partial charge in [0.1, 0.15) is 5.82 Å². The maximum absolute atomic E-state index is 12.6. The number of fused-ring (bicyclic) bond motifs is 1. The fraction of sp³-hybridized carbons (Fsp3) is 0.310. The number of nitrogens with one attached hydrogen (secondary N) is 1. The molecular formula is C29H33N3OS. The Labute approximate surface area is 206 Å². The average Bonchev–Trinajstić information content (AvgIpc) is 3.19. The maximum Gasteiger partial charge on any atom is 0.228 e. The van der Waals surface area contributed by atoms with Gasteiger partial charge in [0, 0.05) is 22.7 Å². The Kier molecular flexibility index (Phi) is 8.07. The quantitative estimate of drug-likeness (QED) is 0.192. The zero-order valence-electron chi connectivity index (χ0n) is 20.3. The Morgan fingerprint density at radius 2 is 1.74 bits per heavy atom. The highest BCUT2D eigenvalue weighted by Crippen LogP contribution is 2.27. The molecule has 0 bridgehead atoms. The molecule has 1 N–H and O–H groups in total. The SMILES string of the molecule is CCCCCn1c(-c2ccc(NC(=O)Cc3ccc(SCC)cc3)cc2)nc2ccc(C)cc21. The van der Waals surface area contributed by atoms with Crippen LogP contribution >= 0.6 is 11.8 Å². The third-order valence-electron chi connectivity index (χ3n) is 5.91. The van der Waals surface area contributed by atoms with Crippen molar-refractivity contribution >= 4 is 34.4 Å². The summed E-state index contributed by atoms with van der Waals surface area (Å²) in [5.41, 5.74) is 6.34. The number of aryl methyl sites for hydroxylation is 2. The van der Waals surface area contributed by atoms with Crippen LogP contribution < -0.4 is 5.32 Å². The molecule has 3 aromatic carbocycles. The van der Waals surface area contributed by atoms with Crippen molar-refractivity contribution in [2.45, 2.75) is 57.9 Å². The molecule has 34 heavy (non-hydrogen) atoms. The zero-order valence-corrected chi connectivity index (χ0v) is 21.1. The summed E-state index contributed by atoms with van der Waals surface area (Å²) in [4.78, 5) is 18.7. The third kappa shape index (κ3) is 5.89. The number of nitrogens with zero attached hydrogens (tertiary/aromatic N) is 2. The number of imidazole rings is 1. The number of carbonyl (C=O) groups is 1. The van der Waals surface area contributed by atoms with E-state index >= 15 is 0 Å². The van der Waals surface area contributed by atoms with Crippen molar-refractivity contribution in [2.24, 2.45) is 0 Å². The van der Waals surface area contributed by atoms with E-state index in [0.717, 1.165) is 46.9 Å². The molecule has 1 amide bonds. The number of benzene rings is 3. The van der Waals surface area contributed by atoms with E-state index < -0.39 is 0 Å². The highest BCUT2D eigenvalue weighted by atomic mass is 32.2. The van der Waals surface area contributed by atoms with Gasteiger partial charge in [-0.25, -0.2) is 4.98 Å². The van der Waals surface area contributed by atoms with Crippen LogP contribution in [0.4, 0.5) is 5.69 Å². The van der Waals surface area contributed by atoms with E-state index in [0.29, 0.717) is 6.42 Å². The lowest BCUT2D eigenvalue weighted by atomic mass is 10.1. The van der Waals surface area contributed by atoms with Crippen molar-refractivity contribution in [1.82, 2.24) is 9.55 Å². The summed E-state index contributed by atoms with van der Waals surface area (Å²) in [6, 6.07) is 22.7. The molecule has 0 fully saturated rings. The van der Waals surface area contributed by atoms with Crippen molar-refractivity contribution < 1.29 is 4.79 Å². The van der Waals surface area contributed by atoms with Crippen LogP contribution in [0.3, 0.4) is 0 Å². The monoisotopic (exact) mass is 471 g/mol. The topological polar surface area (TPSA) is 46.9 Å². The number of carbonyl (C=O) groups excluding carboxylic acids is 1. The summed E-state index contributed by atoms with van der Waals surface area (Å²) >= 11 is 1.81.